The zero-order chi connectivity index (χ0) is 21.0. The largest absolute Gasteiger partial charge is 0.300 e. The van der Waals surface area contributed by atoms with E-state index in [1.54, 1.807) is 0 Å². The first-order valence-corrected chi connectivity index (χ1v) is 12.4. The van der Waals surface area contributed by atoms with Gasteiger partial charge in [0.1, 0.15) is 5.78 Å². The molecule has 0 bridgehead atoms. The van der Waals surface area contributed by atoms with E-state index >= 15 is 0 Å². The lowest BCUT2D eigenvalue weighted by atomic mass is 9.47. The molecule has 0 aromatic rings. The molecule has 4 aliphatic carbocycles. The molecule has 0 amide bonds. The first-order valence-electron chi connectivity index (χ1n) is 12.4. The molecule has 3 fully saturated rings. The van der Waals surface area contributed by atoms with E-state index in [2.05, 4.69) is 34.6 Å². The summed E-state index contributed by atoms with van der Waals surface area (Å²) in [4.78, 5) is 25.2. The second-order valence-corrected chi connectivity index (χ2v) is 12.0. The van der Waals surface area contributed by atoms with E-state index in [4.69, 9.17) is 0 Å². The van der Waals surface area contributed by atoms with Gasteiger partial charge in [-0.2, -0.15) is 0 Å². The van der Waals surface area contributed by atoms with Gasteiger partial charge in [-0.15, -0.1) is 0 Å². The SMILES string of the molecule is CC(C)CCC[C@@H](C)[C@H]1CC[C@H]2C3=CC(=O)[C@@H]4CC(=O)CC[C@]4(C)[C@H]3CC[C@]12C. The minimum absolute atomic E-state index is 0.0252. The van der Waals surface area contributed by atoms with E-state index in [1.165, 1.54) is 50.5 Å². The smallest absolute Gasteiger partial charge is 0.159 e. The average Bonchev–Trinajstić information content (AvgIpc) is 3.00. The van der Waals surface area contributed by atoms with Crippen LogP contribution in [-0.4, -0.2) is 11.6 Å². The van der Waals surface area contributed by atoms with Crippen molar-refractivity contribution in [3.63, 3.8) is 0 Å². The molecule has 0 aliphatic heterocycles. The van der Waals surface area contributed by atoms with Gasteiger partial charge in [0, 0.05) is 18.8 Å². The first kappa shape index (κ1) is 21.3. The third kappa shape index (κ3) is 3.47. The number of fused-ring (bicyclic) bond motifs is 5. The maximum absolute atomic E-state index is 13.1. The molecule has 2 heteroatoms. The van der Waals surface area contributed by atoms with Gasteiger partial charge in [-0.05, 0) is 78.6 Å². The summed E-state index contributed by atoms with van der Waals surface area (Å²) < 4.78 is 0. The van der Waals surface area contributed by atoms with Gasteiger partial charge >= 0.3 is 0 Å². The van der Waals surface area contributed by atoms with E-state index in [-0.39, 0.29) is 17.1 Å². The topological polar surface area (TPSA) is 34.1 Å². The zero-order valence-corrected chi connectivity index (χ0v) is 19.4. The van der Waals surface area contributed by atoms with Gasteiger partial charge in [0.05, 0.1) is 0 Å². The molecule has 0 N–H and O–H groups in total. The number of carbonyl (C=O) groups excluding carboxylic acids is 2. The maximum atomic E-state index is 13.1. The fourth-order valence-corrected chi connectivity index (χ4v) is 8.18. The van der Waals surface area contributed by atoms with Crippen molar-refractivity contribution in [2.75, 3.05) is 0 Å². The normalized spacial score (nSPS) is 42.9. The highest BCUT2D eigenvalue weighted by Crippen LogP contribution is 2.66. The van der Waals surface area contributed by atoms with Gasteiger partial charge in [0.15, 0.2) is 5.78 Å². The lowest BCUT2D eigenvalue weighted by Crippen LogP contribution is -2.52. The number of Topliss-reactive ketones (excluding diaryl/α,β-unsaturated/α-hetero) is 1. The quantitative estimate of drug-likeness (QED) is 0.512. The predicted molar refractivity (Wildman–Crippen MR) is 118 cm³/mol. The highest BCUT2D eigenvalue weighted by Gasteiger charge is 2.59. The van der Waals surface area contributed by atoms with Crippen LogP contribution in [0.2, 0.25) is 0 Å². The van der Waals surface area contributed by atoms with Crippen LogP contribution in [0.4, 0.5) is 0 Å². The van der Waals surface area contributed by atoms with Gasteiger partial charge in [0.25, 0.3) is 0 Å². The van der Waals surface area contributed by atoms with Gasteiger partial charge in [-0.3, -0.25) is 9.59 Å². The number of ketones is 2. The predicted octanol–water partition coefficient (Wildman–Crippen LogP) is 6.78. The monoisotopic (exact) mass is 398 g/mol. The second kappa shape index (κ2) is 7.65. The van der Waals surface area contributed by atoms with Crippen LogP contribution < -0.4 is 0 Å². The molecule has 0 spiro atoms. The minimum atomic E-state index is -0.0472. The Morgan fingerprint density at radius 1 is 0.931 bits per heavy atom. The molecular weight excluding hydrogens is 356 g/mol. The number of rotatable bonds is 5. The van der Waals surface area contributed by atoms with E-state index in [0.29, 0.717) is 35.9 Å². The summed E-state index contributed by atoms with van der Waals surface area (Å²) in [6, 6.07) is 0. The molecule has 0 heterocycles. The molecule has 0 radical (unpaired) electrons. The lowest BCUT2D eigenvalue weighted by Gasteiger charge is -2.56. The molecule has 162 valence electrons. The van der Waals surface area contributed by atoms with Gasteiger partial charge < -0.3 is 0 Å². The summed E-state index contributed by atoms with van der Waals surface area (Å²) in [5.41, 5.74) is 1.89. The Bertz CT molecular complexity index is 703. The molecule has 0 unspecified atom stereocenters. The summed E-state index contributed by atoms with van der Waals surface area (Å²) >= 11 is 0. The molecule has 3 saturated carbocycles. The van der Waals surface area contributed by atoms with E-state index in [0.717, 1.165) is 24.2 Å². The second-order valence-electron chi connectivity index (χ2n) is 12.0. The standard InChI is InChI=1S/C27H42O2/c1-17(2)7-6-8-18(3)21-9-10-22-20-16-25(29)24-15-19(28)11-13-27(24,5)23(20)12-14-26(21,22)4/h16-18,21-24H,6-15H2,1-5H3/t18-,21-,22+,23+,24+,26-,27-/m1/s1. The minimum Gasteiger partial charge on any atom is -0.300 e. The van der Waals surface area contributed by atoms with Gasteiger partial charge in [-0.1, -0.05) is 59.5 Å². The molecular formula is C27H42O2. The molecule has 0 saturated heterocycles. The number of hydrogen-bond acceptors (Lipinski definition) is 2. The van der Waals surface area contributed by atoms with Crippen LogP contribution >= 0.6 is 0 Å². The van der Waals surface area contributed by atoms with Crippen LogP contribution in [0.3, 0.4) is 0 Å². The third-order valence-corrected chi connectivity index (χ3v) is 9.93. The summed E-state index contributed by atoms with van der Waals surface area (Å²) in [6.07, 6.45) is 13.3. The Morgan fingerprint density at radius 2 is 1.66 bits per heavy atom. The Kier molecular flexibility index (Phi) is 5.62. The highest BCUT2D eigenvalue weighted by atomic mass is 16.1. The molecule has 7 atom stereocenters. The van der Waals surface area contributed by atoms with Gasteiger partial charge in [-0.25, -0.2) is 0 Å². The summed E-state index contributed by atoms with van der Waals surface area (Å²) in [5, 5.41) is 0. The zero-order valence-electron chi connectivity index (χ0n) is 19.4. The van der Waals surface area contributed by atoms with Crippen molar-refractivity contribution in [1.82, 2.24) is 0 Å². The van der Waals surface area contributed by atoms with Crippen molar-refractivity contribution in [2.45, 2.75) is 98.8 Å². The van der Waals surface area contributed by atoms with Crippen LogP contribution in [0.15, 0.2) is 11.6 Å². The molecule has 4 aliphatic rings. The molecule has 0 aromatic carbocycles. The highest BCUT2D eigenvalue weighted by molar-refractivity contribution is 5.98. The lowest BCUT2D eigenvalue weighted by molar-refractivity contribution is -0.138. The Hall–Kier alpha value is -0.920. The summed E-state index contributed by atoms with van der Waals surface area (Å²) in [5.74, 6) is 4.04. The fraction of sp³-hybridized carbons (Fsp3) is 0.852. The van der Waals surface area contributed by atoms with Gasteiger partial charge in [0.2, 0.25) is 0 Å². The van der Waals surface area contributed by atoms with Crippen molar-refractivity contribution in [3.8, 4) is 0 Å². The van der Waals surface area contributed by atoms with Crippen molar-refractivity contribution in [2.24, 2.45) is 46.3 Å². The van der Waals surface area contributed by atoms with Crippen LogP contribution in [0.25, 0.3) is 0 Å². The summed E-state index contributed by atoms with van der Waals surface area (Å²) in [7, 11) is 0. The van der Waals surface area contributed by atoms with E-state index in [9.17, 15) is 9.59 Å². The molecule has 4 rings (SSSR count). The van der Waals surface area contributed by atoms with E-state index in [1.807, 2.05) is 6.08 Å². The third-order valence-electron chi connectivity index (χ3n) is 9.93. The van der Waals surface area contributed by atoms with Crippen molar-refractivity contribution < 1.29 is 9.59 Å². The first-order chi connectivity index (χ1) is 13.7. The van der Waals surface area contributed by atoms with Crippen LogP contribution in [0, 0.1) is 46.3 Å². The number of hydrogen-bond donors (Lipinski definition) is 0. The molecule has 29 heavy (non-hydrogen) atoms. The molecule has 0 aromatic heterocycles. The van der Waals surface area contributed by atoms with E-state index < -0.39 is 0 Å². The van der Waals surface area contributed by atoms with Crippen LogP contribution in [0.5, 0.6) is 0 Å². The fourth-order valence-electron chi connectivity index (χ4n) is 8.18. The van der Waals surface area contributed by atoms with Crippen molar-refractivity contribution in [3.05, 3.63) is 11.6 Å². The van der Waals surface area contributed by atoms with Crippen molar-refractivity contribution >= 4 is 11.6 Å². The Balaban J connectivity index is 1.56. The van der Waals surface area contributed by atoms with Crippen LogP contribution in [-0.2, 0) is 9.59 Å². The number of carbonyl (C=O) groups is 2. The average molecular weight is 399 g/mol. The number of allylic oxidation sites excluding steroid dienone is 2. The maximum Gasteiger partial charge on any atom is 0.159 e. The summed E-state index contributed by atoms with van der Waals surface area (Å²) in [6.45, 7) is 12.0. The van der Waals surface area contributed by atoms with Crippen LogP contribution in [0.1, 0.15) is 98.8 Å². The van der Waals surface area contributed by atoms with Crippen molar-refractivity contribution in [1.29, 1.82) is 0 Å². The Labute approximate surface area is 178 Å². The Morgan fingerprint density at radius 3 is 2.38 bits per heavy atom. The molecule has 2 nitrogen and oxygen atoms in total.